The maximum atomic E-state index is 13.6. The molecule has 32 heavy (non-hydrogen) atoms. The fraction of sp³-hybridized carbons (Fsp3) is 0.167. The van der Waals surface area contributed by atoms with Gasteiger partial charge in [-0.3, -0.25) is 14.4 Å². The van der Waals surface area contributed by atoms with Crippen LogP contribution < -0.4 is 14.7 Å². The van der Waals surface area contributed by atoms with Crippen molar-refractivity contribution in [3.8, 4) is 5.75 Å². The Morgan fingerprint density at radius 1 is 0.875 bits per heavy atom. The van der Waals surface area contributed by atoms with Gasteiger partial charge in [-0.15, -0.1) is 0 Å². The van der Waals surface area contributed by atoms with Gasteiger partial charge in [-0.2, -0.15) is 0 Å². The maximum Gasteiger partial charge on any atom is 0.266 e. The molecule has 2 aliphatic heterocycles. The summed E-state index contributed by atoms with van der Waals surface area (Å²) in [6, 6.07) is 18.8. The molecule has 8 heteroatoms. The number of rotatable bonds is 4. The number of hydrogen-bond donors (Lipinski definition) is 0. The van der Waals surface area contributed by atoms with Gasteiger partial charge in [0, 0.05) is 5.02 Å². The van der Waals surface area contributed by atoms with Crippen molar-refractivity contribution < 1.29 is 23.6 Å². The molecule has 3 atom stereocenters. The van der Waals surface area contributed by atoms with Crippen molar-refractivity contribution in [1.82, 2.24) is 0 Å². The molecular weight excluding hydrogens is 435 g/mol. The first-order chi connectivity index (χ1) is 15.5. The largest absolute Gasteiger partial charge is 0.497 e. The summed E-state index contributed by atoms with van der Waals surface area (Å²) in [6.07, 6.45) is -1.00. The van der Waals surface area contributed by atoms with Crippen LogP contribution in [0.5, 0.6) is 5.75 Å². The fourth-order valence-electron chi connectivity index (χ4n) is 4.21. The summed E-state index contributed by atoms with van der Waals surface area (Å²) < 4.78 is 18.7. The predicted octanol–water partition coefficient (Wildman–Crippen LogP) is 4.54. The van der Waals surface area contributed by atoms with E-state index in [1.165, 1.54) is 19.2 Å². The molecule has 0 N–H and O–H groups in total. The van der Waals surface area contributed by atoms with Crippen molar-refractivity contribution >= 4 is 34.8 Å². The lowest BCUT2D eigenvalue weighted by molar-refractivity contribution is -0.126. The van der Waals surface area contributed by atoms with E-state index in [1.54, 1.807) is 65.7 Å². The van der Waals surface area contributed by atoms with Gasteiger partial charge in [-0.25, -0.2) is 14.4 Å². The molecule has 5 rings (SSSR count). The zero-order valence-electron chi connectivity index (χ0n) is 16.9. The fourth-order valence-corrected chi connectivity index (χ4v) is 4.34. The molecule has 2 heterocycles. The van der Waals surface area contributed by atoms with Crippen LogP contribution in [0.4, 0.5) is 15.8 Å². The van der Waals surface area contributed by atoms with Crippen molar-refractivity contribution in [2.45, 2.75) is 12.1 Å². The van der Waals surface area contributed by atoms with Crippen molar-refractivity contribution in [2.24, 2.45) is 5.92 Å². The van der Waals surface area contributed by atoms with Gasteiger partial charge >= 0.3 is 0 Å². The highest BCUT2D eigenvalue weighted by Gasteiger charge is 2.60. The van der Waals surface area contributed by atoms with E-state index in [0.29, 0.717) is 27.7 Å². The van der Waals surface area contributed by atoms with Crippen LogP contribution in [0.25, 0.3) is 0 Å². The number of ether oxygens (including phenoxy) is 1. The molecule has 0 bridgehead atoms. The van der Waals surface area contributed by atoms with E-state index >= 15 is 0 Å². The molecular formula is C24H18ClFN2O4. The third-order valence-corrected chi connectivity index (χ3v) is 5.99. The summed E-state index contributed by atoms with van der Waals surface area (Å²) in [6.45, 7) is 0. The minimum atomic E-state index is -1.00. The zero-order chi connectivity index (χ0) is 22.4. The number of carbonyl (C=O) groups is 2. The molecule has 2 saturated heterocycles. The SMILES string of the molecule is COc1ccc(N2C(=O)[C@H]3[C@@H](ON(c4ccc(Cl)cc4)[C@H]3c3ccc(F)cc3)C2=O)cc1. The quantitative estimate of drug-likeness (QED) is 0.544. The molecule has 2 fully saturated rings. The average Bonchev–Trinajstić information content (AvgIpc) is 3.31. The number of methoxy groups -OCH3 is 1. The topological polar surface area (TPSA) is 59.1 Å². The smallest absolute Gasteiger partial charge is 0.266 e. The van der Waals surface area contributed by atoms with Gasteiger partial charge in [0.05, 0.1) is 24.5 Å². The lowest BCUT2D eigenvalue weighted by atomic mass is 9.90. The molecule has 162 valence electrons. The Hall–Kier alpha value is -3.42. The third kappa shape index (κ3) is 3.30. The standard InChI is InChI=1S/C24H18ClFN2O4/c1-31-19-12-10-17(11-13-19)27-23(29)20-21(14-2-6-16(26)7-3-14)28(32-22(20)24(27)30)18-8-4-15(25)5-9-18/h2-13,20-22H,1H3/t20-,21+,22-/m1/s1. The molecule has 3 aromatic carbocycles. The van der Waals surface area contributed by atoms with E-state index in [-0.39, 0.29) is 5.91 Å². The number of imide groups is 1. The van der Waals surface area contributed by atoms with Crippen LogP contribution in [-0.2, 0) is 14.4 Å². The highest BCUT2D eigenvalue weighted by molar-refractivity contribution is 6.30. The minimum Gasteiger partial charge on any atom is -0.497 e. The first-order valence-electron chi connectivity index (χ1n) is 9.97. The average molecular weight is 453 g/mol. The summed E-state index contributed by atoms with van der Waals surface area (Å²) >= 11 is 6.02. The van der Waals surface area contributed by atoms with Crippen molar-refractivity contribution in [1.29, 1.82) is 0 Å². The second-order valence-electron chi connectivity index (χ2n) is 7.56. The van der Waals surface area contributed by atoms with Gasteiger partial charge in [0.15, 0.2) is 6.10 Å². The minimum absolute atomic E-state index is 0.379. The molecule has 2 amide bonds. The van der Waals surface area contributed by atoms with E-state index < -0.39 is 29.8 Å². The number of fused-ring (bicyclic) bond motifs is 1. The molecule has 0 spiro atoms. The number of halogens is 2. The van der Waals surface area contributed by atoms with E-state index in [1.807, 2.05) is 0 Å². The van der Waals surface area contributed by atoms with Crippen molar-refractivity contribution in [2.75, 3.05) is 17.1 Å². The van der Waals surface area contributed by atoms with Gasteiger partial charge in [0.1, 0.15) is 17.5 Å². The third-order valence-electron chi connectivity index (χ3n) is 5.74. The number of anilines is 2. The summed E-state index contributed by atoms with van der Waals surface area (Å²) in [5.74, 6) is -1.41. The molecule has 0 aromatic heterocycles. The number of nitrogens with zero attached hydrogens (tertiary/aromatic N) is 2. The molecule has 2 aliphatic rings. The molecule has 0 radical (unpaired) electrons. The Bertz CT molecular complexity index is 1170. The summed E-state index contributed by atoms with van der Waals surface area (Å²) in [4.78, 5) is 34.0. The maximum absolute atomic E-state index is 13.6. The normalized spacial score (nSPS) is 22.4. The monoisotopic (exact) mass is 452 g/mol. The summed E-state index contributed by atoms with van der Waals surface area (Å²) in [7, 11) is 1.54. The van der Waals surface area contributed by atoms with Crippen LogP contribution in [0.15, 0.2) is 72.8 Å². The lowest BCUT2D eigenvalue weighted by Crippen LogP contribution is -2.37. The second kappa shape index (κ2) is 7.93. The van der Waals surface area contributed by atoms with E-state index in [4.69, 9.17) is 21.2 Å². The highest BCUT2D eigenvalue weighted by atomic mass is 35.5. The van der Waals surface area contributed by atoms with E-state index in [2.05, 4.69) is 0 Å². The Labute approximate surface area is 188 Å². The van der Waals surface area contributed by atoms with Gasteiger partial charge in [0.2, 0.25) is 5.91 Å². The van der Waals surface area contributed by atoms with Gasteiger partial charge in [-0.05, 0) is 66.2 Å². The van der Waals surface area contributed by atoms with Gasteiger partial charge in [-0.1, -0.05) is 23.7 Å². The number of hydrogen-bond acceptors (Lipinski definition) is 5. The summed E-state index contributed by atoms with van der Waals surface area (Å²) in [5.41, 5.74) is 1.73. The van der Waals surface area contributed by atoms with Crippen LogP contribution >= 0.6 is 11.6 Å². The molecule has 0 saturated carbocycles. The molecule has 0 aliphatic carbocycles. The second-order valence-corrected chi connectivity index (χ2v) is 8.00. The van der Waals surface area contributed by atoms with Gasteiger partial charge in [0.25, 0.3) is 5.91 Å². The van der Waals surface area contributed by atoms with Gasteiger partial charge < -0.3 is 4.74 Å². The number of carbonyl (C=O) groups excluding carboxylic acids is 2. The summed E-state index contributed by atoms with van der Waals surface area (Å²) in [5, 5.41) is 2.09. The number of benzene rings is 3. The van der Waals surface area contributed by atoms with Crippen LogP contribution in [0.1, 0.15) is 11.6 Å². The van der Waals surface area contributed by atoms with Crippen LogP contribution in [0.2, 0.25) is 5.02 Å². The Morgan fingerprint density at radius 2 is 1.50 bits per heavy atom. The Morgan fingerprint density at radius 3 is 2.12 bits per heavy atom. The van der Waals surface area contributed by atoms with Crippen molar-refractivity contribution in [3.63, 3.8) is 0 Å². The Balaban J connectivity index is 1.55. The van der Waals surface area contributed by atoms with Crippen LogP contribution in [0.3, 0.4) is 0 Å². The molecule has 0 unspecified atom stereocenters. The van der Waals surface area contributed by atoms with E-state index in [9.17, 15) is 14.0 Å². The zero-order valence-corrected chi connectivity index (χ0v) is 17.7. The van der Waals surface area contributed by atoms with Crippen LogP contribution in [0, 0.1) is 11.7 Å². The van der Waals surface area contributed by atoms with E-state index in [0.717, 1.165) is 4.90 Å². The molecule has 3 aromatic rings. The first-order valence-corrected chi connectivity index (χ1v) is 10.3. The van der Waals surface area contributed by atoms with Crippen molar-refractivity contribution in [3.05, 3.63) is 89.2 Å². The Kier molecular flexibility index (Phi) is 5.07. The highest BCUT2D eigenvalue weighted by Crippen LogP contribution is 2.47. The number of hydroxylamine groups is 1. The van der Waals surface area contributed by atoms with Crippen LogP contribution in [-0.4, -0.2) is 25.0 Å². The molecule has 6 nitrogen and oxygen atoms in total. The predicted molar refractivity (Wildman–Crippen MR) is 117 cm³/mol. The lowest BCUT2D eigenvalue weighted by Gasteiger charge is -2.28. The first kappa shape index (κ1) is 20.5. The number of amides is 2.